The number of benzene rings is 2. The lowest BCUT2D eigenvalue weighted by atomic mass is 10.2. The second-order valence-corrected chi connectivity index (χ2v) is 8.05. The fourth-order valence-electron chi connectivity index (χ4n) is 2.68. The van der Waals surface area contributed by atoms with Crippen molar-refractivity contribution < 1.29 is 4.79 Å². The first kappa shape index (κ1) is 19.5. The minimum atomic E-state index is -0.0801. The number of thiazole rings is 1. The van der Waals surface area contributed by atoms with E-state index in [2.05, 4.69) is 4.90 Å². The Morgan fingerprint density at radius 3 is 2.63 bits per heavy atom. The number of halogens is 1. The average molecular weight is 400 g/mol. The van der Waals surface area contributed by atoms with Gasteiger partial charge in [-0.05, 0) is 50.4 Å². The van der Waals surface area contributed by atoms with Crippen molar-refractivity contribution in [3.63, 3.8) is 0 Å². The Morgan fingerprint density at radius 1 is 1.19 bits per heavy atom. The van der Waals surface area contributed by atoms with Crippen molar-refractivity contribution in [1.82, 2.24) is 9.88 Å². The van der Waals surface area contributed by atoms with Crippen LogP contribution < -0.4 is 4.90 Å². The fourth-order valence-corrected chi connectivity index (χ4v) is 4.13. The van der Waals surface area contributed by atoms with Crippen molar-refractivity contribution in [1.29, 1.82) is 0 Å². The molecule has 0 saturated carbocycles. The van der Waals surface area contributed by atoms with Gasteiger partial charge in [0, 0.05) is 24.2 Å². The summed E-state index contributed by atoms with van der Waals surface area (Å²) in [4.78, 5) is 21.4. The number of hydrogen-bond donors (Lipinski definition) is 0. The van der Waals surface area contributed by atoms with Crippen LogP contribution in [0.3, 0.4) is 0 Å². The third-order valence-electron chi connectivity index (χ3n) is 4.12. The van der Waals surface area contributed by atoms with Gasteiger partial charge in [0.2, 0.25) is 0 Å². The Balaban J connectivity index is 1.92. The number of amides is 1. The van der Waals surface area contributed by atoms with Crippen molar-refractivity contribution in [3.8, 4) is 0 Å². The van der Waals surface area contributed by atoms with Gasteiger partial charge >= 0.3 is 0 Å². The maximum absolute atomic E-state index is 12.9. The zero-order valence-corrected chi connectivity index (χ0v) is 17.2. The highest BCUT2D eigenvalue weighted by atomic mass is 35.5. The highest BCUT2D eigenvalue weighted by molar-refractivity contribution is 7.22. The molecular weight excluding hydrogens is 378 g/mol. The molecule has 0 atom stereocenters. The summed E-state index contributed by atoms with van der Waals surface area (Å²) < 4.78 is 0.990. The lowest BCUT2D eigenvalue weighted by molar-refractivity contribution is -0.114. The molecule has 0 unspecified atom stereocenters. The van der Waals surface area contributed by atoms with Gasteiger partial charge in [-0.15, -0.1) is 0 Å². The first-order valence-electron chi connectivity index (χ1n) is 8.70. The summed E-state index contributed by atoms with van der Waals surface area (Å²) in [7, 11) is 3.98. The second-order valence-electron chi connectivity index (χ2n) is 6.60. The molecule has 1 aromatic heterocycles. The Bertz CT molecular complexity index is 966. The molecule has 0 aliphatic carbocycles. The van der Waals surface area contributed by atoms with Crippen molar-refractivity contribution in [2.75, 3.05) is 32.1 Å². The summed E-state index contributed by atoms with van der Waals surface area (Å²) in [6.45, 7) is 3.30. The van der Waals surface area contributed by atoms with Crippen LogP contribution in [0, 0.1) is 6.92 Å². The number of anilines is 1. The van der Waals surface area contributed by atoms with Gasteiger partial charge in [-0.3, -0.25) is 9.69 Å². The van der Waals surface area contributed by atoms with Crippen LogP contribution in [0.5, 0.6) is 0 Å². The Morgan fingerprint density at radius 2 is 1.93 bits per heavy atom. The van der Waals surface area contributed by atoms with Gasteiger partial charge in [-0.25, -0.2) is 4.98 Å². The normalized spacial score (nSPS) is 11.6. The first-order valence-corrected chi connectivity index (χ1v) is 9.89. The van der Waals surface area contributed by atoms with Gasteiger partial charge in [0.15, 0.2) is 5.13 Å². The summed E-state index contributed by atoms with van der Waals surface area (Å²) >= 11 is 7.67. The summed E-state index contributed by atoms with van der Waals surface area (Å²) in [5.41, 5.74) is 2.90. The van der Waals surface area contributed by atoms with E-state index in [1.54, 1.807) is 11.0 Å². The second kappa shape index (κ2) is 8.65. The van der Waals surface area contributed by atoms with Crippen LogP contribution in [0.4, 0.5) is 5.13 Å². The molecular formula is C21H22ClN3OS. The molecule has 0 N–H and O–H groups in total. The van der Waals surface area contributed by atoms with Crippen molar-refractivity contribution in [3.05, 3.63) is 64.7 Å². The molecule has 0 aliphatic heterocycles. The summed E-state index contributed by atoms with van der Waals surface area (Å²) in [5.74, 6) is -0.0801. The quantitative estimate of drug-likeness (QED) is 0.555. The number of carbonyl (C=O) groups excluding carboxylic acids is 1. The molecule has 140 valence electrons. The maximum Gasteiger partial charge on any atom is 0.252 e. The maximum atomic E-state index is 12.9. The zero-order chi connectivity index (χ0) is 19.4. The highest BCUT2D eigenvalue weighted by Crippen LogP contribution is 2.33. The largest absolute Gasteiger partial charge is 0.308 e. The third-order valence-corrected chi connectivity index (χ3v) is 5.37. The summed E-state index contributed by atoms with van der Waals surface area (Å²) in [5, 5.41) is 1.38. The molecule has 3 aromatic rings. The van der Waals surface area contributed by atoms with Gasteiger partial charge in [0.05, 0.1) is 10.2 Å². The molecule has 0 radical (unpaired) electrons. The van der Waals surface area contributed by atoms with Gasteiger partial charge in [0.1, 0.15) is 0 Å². The number of carbonyl (C=O) groups is 1. The molecule has 3 rings (SSSR count). The molecule has 0 fully saturated rings. The minimum absolute atomic E-state index is 0.0801. The van der Waals surface area contributed by atoms with E-state index in [0.29, 0.717) is 16.7 Å². The topological polar surface area (TPSA) is 36.4 Å². The number of nitrogens with zero attached hydrogens (tertiary/aromatic N) is 3. The molecule has 4 nitrogen and oxygen atoms in total. The molecule has 0 saturated heterocycles. The Kier molecular flexibility index (Phi) is 6.26. The number of fused-ring (bicyclic) bond motifs is 1. The minimum Gasteiger partial charge on any atom is -0.308 e. The van der Waals surface area contributed by atoms with Crippen LogP contribution in [-0.4, -0.2) is 43.0 Å². The molecule has 1 amide bonds. The first-order chi connectivity index (χ1) is 12.9. The number of rotatable bonds is 6. The van der Waals surface area contributed by atoms with E-state index < -0.39 is 0 Å². The van der Waals surface area contributed by atoms with E-state index in [0.717, 1.165) is 27.9 Å². The molecule has 0 spiro atoms. The van der Waals surface area contributed by atoms with E-state index in [9.17, 15) is 4.79 Å². The molecule has 27 heavy (non-hydrogen) atoms. The molecule has 6 heteroatoms. The van der Waals surface area contributed by atoms with Crippen LogP contribution in [0.25, 0.3) is 16.3 Å². The van der Waals surface area contributed by atoms with Gasteiger partial charge < -0.3 is 4.90 Å². The standard InChI is InChI=1S/C21H22ClN3OS/c1-15-13-17(22)14-18-20(15)23-21(27-18)25(12-11-24(2)3)19(26)10-9-16-7-5-4-6-8-16/h4-10,13-14H,11-12H2,1-3H3/b10-9+. The zero-order valence-electron chi connectivity index (χ0n) is 15.6. The van der Waals surface area contributed by atoms with E-state index in [4.69, 9.17) is 16.6 Å². The van der Waals surface area contributed by atoms with Crippen molar-refractivity contribution in [2.24, 2.45) is 0 Å². The summed E-state index contributed by atoms with van der Waals surface area (Å²) in [6.07, 6.45) is 3.44. The van der Waals surface area contributed by atoms with E-state index in [1.165, 1.54) is 11.3 Å². The molecule has 0 bridgehead atoms. The molecule has 0 aliphatic rings. The Hall–Kier alpha value is -2.21. The van der Waals surface area contributed by atoms with Crippen LogP contribution in [0.15, 0.2) is 48.5 Å². The smallest absolute Gasteiger partial charge is 0.252 e. The third kappa shape index (κ3) is 4.95. The van der Waals surface area contributed by atoms with E-state index >= 15 is 0 Å². The van der Waals surface area contributed by atoms with Crippen molar-refractivity contribution in [2.45, 2.75) is 6.92 Å². The summed E-state index contributed by atoms with van der Waals surface area (Å²) in [6, 6.07) is 13.6. The predicted molar refractivity (Wildman–Crippen MR) is 116 cm³/mol. The fraction of sp³-hybridized carbons (Fsp3) is 0.238. The van der Waals surface area contributed by atoms with Gasteiger partial charge in [-0.1, -0.05) is 53.3 Å². The number of likely N-dealkylation sites (N-methyl/N-ethyl adjacent to an activating group) is 1. The van der Waals surface area contributed by atoms with Crippen LogP contribution in [0.2, 0.25) is 5.02 Å². The van der Waals surface area contributed by atoms with Gasteiger partial charge in [-0.2, -0.15) is 0 Å². The van der Waals surface area contributed by atoms with Gasteiger partial charge in [0.25, 0.3) is 5.91 Å². The lowest BCUT2D eigenvalue weighted by Crippen LogP contribution is -2.35. The lowest BCUT2D eigenvalue weighted by Gasteiger charge is -2.20. The Labute approximate surface area is 168 Å². The van der Waals surface area contributed by atoms with E-state index in [1.807, 2.05) is 69.6 Å². The number of aromatic nitrogens is 1. The van der Waals surface area contributed by atoms with Crippen LogP contribution in [0.1, 0.15) is 11.1 Å². The predicted octanol–water partition coefficient (Wildman–Crippen LogP) is 4.87. The number of aryl methyl sites for hydroxylation is 1. The van der Waals surface area contributed by atoms with Crippen LogP contribution >= 0.6 is 22.9 Å². The number of hydrogen-bond acceptors (Lipinski definition) is 4. The average Bonchev–Trinajstić information content (AvgIpc) is 3.04. The highest BCUT2D eigenvalue weighted by Gasteiger charge is 2.19. The molecule has 1 heterocycles. The van der Waals surface area contributed by atoms with E-state index in [-0.39, 0.29) is 5.91 Å². The monoisotopic (exact) mass is 399 g/mol. The van der Waals surface area contributed by atoms with Crippen molar-refractivity contribution >= 4 is 50.3 Å². The van der Waals surface area contributed by atoms with Crippen LogP contribution in [-0.2, 0) is 4.79 Å². The SMILES string of the molecule is Cc1cc(Cl)cc2sc(N(CCN(C)C)C(=O)/C=C/c3ccccc3)nc12. The molecule has 2 aromatic carbocycles.